The van der Waals surface area contributed by atoms with E-state index in [2.05, 4.69) is 18.9 Å². The van der Waals surface area contributed by atoms with Gasteiger partial charge >= 0.3 is 5.69 Å². The van der Waals surface area contributed by atoms with Crippen molar-refractivity contribution < 1.29 is 19.1 Å². The van der Waals surface area contributed by atoms with Crippen LogP contribution in [0.3, 0.4) is 0 Å². The zero-order chi connectivity index (χ0) is 32.2. The lowest BCUT2D eigenvalue weighted by molar-refractivity contribution is -0.386. The number of para-hydroxylation sites is 1. The number of ether oxygens (including phenoxy) is 3. The van der Waals surface area contributed by atoms with Gasteiger partial charge in [0.2, 0.25) is 5.75 Å². The minimum absolute atomic E-state index is 0.00853. The molecule has 0 aliphatic carbocycles. The third-order valence-corrected chi connectivity index (χ3v) is 7.69. The van der Waals surface area contributed by atoms with Crippen molar-refractivity contribution in [3.8, 4) is 28.6 Å². The van der Waals surface area contributed by atoms with Crippen LogP contribution in [0.2, 0.25) is 5.02 Å². The summed E-state index contributed by atoms with van der Waals surface area (Å²) in [7, 11) is 3.01. The summed E-state index contributed by atoms with van der Waals surface area (Å²) in [5.41, 5.74) is 3.24. The lowest BCUT2D eigenvalue weighted by Crippen LogP contribution is -2.21. The zero-order valence-electron chi connectivity index (χ0n) is 25.4. The molecule has 0 saturated heterocycles. The Kier molecular flexibility index (Phi) is 9.15. The van der Waals surface area contributed by atoms with E-state index in [4.69, 9.17) is 30.8 Å². The molecule has 0 aliphatic rings. The molecule has 0 N–H and O–H groups in total. The van der Waals surface area contributed by atoms with Crippen LogP contribution in [0.15, 0.2) is 82.7 Å². The lowest BCUT2D eigenvalue weighted by Gasteiger charge is -2.17. The predicted molar refractivity (Wildman–Crippen MR) is 175 cm³/mol. The van der Waals surface area contributed by atoms with Gasteiger partial charge in [-0.25, -0.2) is 4.98 Å². The molecule has 230 valence electrons. The van der Waals surface area contributed by atoms with Crippen molar-refractivity contribution in [1.29, 1.82) is 0 Å². The van der Waals surface area contributed by atoms with Crippen LogP contribution in [0.5, 0.6) is 17.2 Å². The molecule has 0 fully saturated rings. The number of nitro benzene ring substituents is 1. The van der Waals surface area contributed by atoms with Crippen LogP contribution in [0, 0.1) is 17.0 Å². The molecule has 5 rings (SSSR count). The minimum atomic E-state index is -0.564. The van der Waals surface area contributed by atoms with Crippen LogP contribution >= 0.6 is 11.6 Å². The van der Waals surface area contributed by atoms with Crippen molar-refractivity contribution in [2.45, 2.75) is 33.3 Å². The molecule has 1 aromatic heterocycles. The molecule has 4 aromatic carbocycles. The zero-order valence-corrected chi connectivity index (χ0v) is 26.2. The van der Waals surface area contributed by atoms with Gasteiger partial charge in [-0.1, -0.05) is 55.8 Å². The van der Waals surface area contributed by atoms with Crippen molar-refractivity contribution in [2.75, 3.05) is 14.2 Å². The Morgan fingerprint density at radius 3 is 2.42 bits per heavy atom. The Morgan fingerprint density at radius 2 is 1.73 bits per heavy atom. The first-order valence-corrected chi connectivity index (χ1v) is 14.5. The van der Waals surface area contributed by atoms with Gasteiger partial charge in [0.15, 0.2) is 11.6 Å². The van der Waals surface area contributed by atoms with E-state index in [0.29, 0.717) is 38.4 Å². The van der Waals surface area contributed by atoms with E-state index in [1.54, 1.807) is 55.6 Å². The minimum Gasteiger partial charge on any atom is -0.496 e. The van der Waals surface area contributed by atoms with E-state index in [-0.39, 0.29) is 29.7 Å². The van der Waals surface area contributed by atoms with E-state index >= 15 is 0 Å². The maximum absolute atomic E-state index is 13.8. The SMILES string of the molecule is COc1cc(C)c(-c2nc3ccccc3c(=O)n2N=Cc2cc(OC)c(OCc3ccccc3Cl)c([N+](=O)[O-])c2)cc1C(C)C. The standard InChI is InChI=1S/C34H31ClN4O6/c1-20(2)25-17-26(21(3)14-30(25)43-4)33-37-28-13-9-7-11-24(28)34(40)38(33)36-18-22-15-29(39(41)42)32(31(16-22)44-5)45-19-23-10-6-8-12-27(23)35/h6-18,20H,19H2,1-5H3. The average Bonchev–Trinajstić information content (AvgIpc) is 3.03. The van der Waals surface area contributed by atoms with E-state index < -0.39 is 10.5 Å². The molecule has 0 bridgehead atoms. The Hall–Kier alpha value is -5.22. The molecule has 0 atom stereocenters. The van der Waals surface area contributed by atoms with Gasteiger partial charge < -0.3 is 14.2 Å². The monoisotopic (exact) mass is 626 g/mol. The fraction of sp³-hybridized carbons (Fsp3) is 0.206. The van der Waals surface area contributed by atoms with Gasteiger partial charge in [0.1, 0.15) is 12.4 Å². The highest BCUT2D eigenvalue weighted by molar-refractivity contribution is 6.31. The molecule has 11 heteroatoms. The Balaban J connectivity index is 1.64. The summed E-state index contributed by atoms with van der Waals surface area (Å²) < 4.78 is 18.1. The van der Waals surface area contributed by atoms with Crippen LogP contribution in [-0.4, -0.2) is 35.0 Å². The number of hydrogen-bond donors (Lipinski definition) is 0. The summed E-state index contributed by atoms with van der Waals surface area (Å²) in [5, 5.41) is 17.5. The van der Waals surface area contributed by atoms with Gasteiger partial charge in [-0.2, -0.15) is 9.78 Å². The summed E-state index contributed by atoms with van der Waals surface area (Å²) in [6, 6.07) is 20.8. The normalized spacial score (nSPS) is 11.4. The number of halogens is 1. The van der Waals surface area contributed by atoms with Gasteiger partial charge in [0.05, 0.1) is 36.3 Å². The van der Waals surface area contributed by atoms with Crippen LogP contribution in [-0.2, 0) is 6.61 Å². The quantitative estimate of drug-likeness (QED) is 0.0893. The number of fused-ring (bicyclic) bond motifs is 1. The summed E-state index contributed by atoms with van der Waals surface area (Å²) in [4.78, 5) is 30.2. The summed E-state index contributed by atoms with van der Waals surface area (Å²) >= 11 is 6.24. The van der Waals surface area contributed by atoms with Crippen LogP contribution in [0.1, 0.15) is 42.0 Å². The van der Waals surface area contributed by atoms with Crippen molar-refractivity contribution >= 4 is 34.4 Å². The van der Waals surface area contributed by atoms with E-state index in [0.717, 1.165) is 16.9 Å². The second-order valence-corrected chi connectivity index (χ2v) is 11.0. The second-order valence-electron chi connectivity index (χ2n) is 10.6. The molecular weight excluding hydrogens is 596 g/mol. The van der Waals surface area contributed by atoms with Gasteiger partial charge in [-0.15, -0.1) is 0 Å². The van der Waals surface area contributed by atoms with Crippen molar-refractivity contribution in [3.05, 3.63) is 121 Å². The molecule has 45 heavy (non-hydrogen) atoms. The van der Waals surface area contributed by atoms with Crippen LogP contribution in [0.25, 0.3) is 22.3 Å². The fourth-order valence-corrected chi connectivity index (χ4v) is 5.17. The number of rotatable bonds is 10. The Labute approximate surface area is 264 Å². The molecule has 0 amide bonds. The molecule has 0 unspecified atom stereocenters. The maximum atomic E-state index is 13.8. The number of methoxy groups -OCH3 is 2. The number of aryl methyl sites for hydroxylation is 1. The average molecular weight is 627 g/mol. The van der Waals surface area contributed by atoms with Crippen LogP contribution in [0.4, 0.5) is 5.69 Å². The third kappa shape index (κ3) is 6.37. The summed E-state index contributed by atoms with van der Waals surface area (Å²) in [6.45, 7) is 6.01. The van der Waals surface area contributed by atoms with Crippen molar-refractivity contribution in [2.24, 2.45) is 5.10 Å². The van der Waals surface area contributed by atoms with Gasteiger partial charge in [0, 0.05) is 27.8 Å². The number of benzene rings is 4. The second kappa shape index (κ2) is 13.2. The topological polar surface area (TPSA) is 118 Å². The number of hydrogen-bond acceptors (Lipinski definition) is 8. The predicted octanol–water partition coefficient (Wildman–Crippen LogP) is 7.54. The highest BCUT2D eigenvalue weighted by Crippen LogP contribution is 2.39. The van der Waals surface area contributed by atoms with Crippen molar-refractivity contribution in [3.63, 3.8) is 0 Å². The largest absolute Gasteiger partial charge is 0.496 e. The van der Waals surface area contributed by atoms with Crippen LogP contribution < -0.4 is 19.8 Å². The van der Waals surface area contributed by atoms with E-state index in [1.807, 2.05) is 25.1 Å². The number of nitro groups is 1. The Bertz CT molecular complexity index is 2000. The lowest BCUT2D eigenvalue weighted by atomic mass is 9.96. The molecule has 0 radical (unpaired) electrons. The fourth-order valence-electron chi connectivity index (χ4n) is 4.98. The molecule has 0 aliphatic heterocycles. The number of aromatic nitrogens is 2. The van der Waals surface area contributed by atoms with Crippen molar-refractivity contribution in [1.82, 2.24) is 9.66 Å². The highest BCUT2D eigenvalue weighted by Gasteiger charge is 2.23. The van der Waals surface area contributed by atoms with Gasteiger partial charge in [-0.3, -0.25) is 14.9 Å². The Morgan fingerprint density at radius 1 is 1.02 bits per heavy atom. The smallest absolute Gasteiger partial charge is 0.315 e. The summed E-state index contributed by atoms with van der Waals surface area (Å²) in [5.74, 6) is 1.25. The number of nitrogens with zero attached hydrogens (tertiary/aromatic N) is 4. The molecule has 5 aromatic rings. The molecule has 0 spiro atoms. The molecule has 10 nitrogen and oxygen atoms in total. The first-order chi connectivity index (χ1) is 21.6. The first-order valence-electron chi connectivity index (χ1n) is 14.1. The maximum Gasteiger partial charge on any atom is 0.315 e. The molecule has 0 saturated carbocycles. The molecular formula is C34H31ClN4O6. The third-order valence-electron chi connectivity index (χ3n) is 7.32. The summed E-state index contributed by atoms with van der Waals surface area (Å²) in [6.07, 6.45) is 1.36. The first kappa shape index (κ1) is 31.2. The van der Waals surface area contributed by atoms with Gasteiger partial charge in [-0.05, 0) is 60.4 Å². The van der Waals surface area contributed by atoms with E-state index in [1.165, 1.54) is 24.1 Å². The highest BCUT2D eigenvalue weighted by atomic mass is 35.5. The molecule has 1 heterocycles. The van der Waals surface area contributed by atoms with E-state index in [9.17, 15) is 14.9 Å². The van der Waals surface area contributed by atoms with Gasteiger partial charge in [0.25, 0.3) is 5.56 Å².